The lowest BCUT2D eigenvalue weighted by Crippen LogP contribution is -2.38. The summed E-state index contributed by atoms with van der Waals surface area (Å²) in [5, 5.41) is 3.71. The van der Waals surface area contributed by atoms with Crippen LogP contribution in [0.25, 0.3) is 22.2 Å². The Morgan fingerprint density at radius 1 is 0.914 bits per heavy atom. The minimum Gasteiger partial charge on any atom is -0.493 e. The molecule has 2 aromatic carbocycles. The van der Waals surface area contributed by atoms with Crippen LogP contribution in [0.5, 0.6) is 11.5 Å². The number of ether oxygens (including phenoxy) is 3. The number of carbonyl (C=O) groups excluding carboxylic acids is 2. The number of hydrogen-bond acceptors (Lipinski definition) is 6. The van der Waals surface area contributed by atoms with E-state index in [1.54, 1.807) is 26.4 Å². The zero-order valence-electron chi connectivity index (χ0n) is 20.3. The van der Waals surface area contributed by atoms with Gasteiger partial charge >= 0.3 is 5.97 Å². The summed E-state index contributed by atoms with van der Waals surface area (Å²) < 4.78 is 16.2. The van der Waals surface area contributed by atoms with Crippen LogP contribution in [0.1, 0.15) is 55.3 Å². The van der Waals surface area contributed by atoms with Crippen molar-refractivity contribution < 1.29 is 23.8 Å². The molecule has 0 bridgehead atoms. The quantitative estimate of drug-likeness (QED) is 0.466. The van der Waals surface area contributed by atoms with Crippen LogP contribution in [0.15, 0.2) is 48.5 Å². The number of methoxy groups -OCH3 is 2. The van der Waals surface area contributed by atoms with Gasteiger partial charge in [0, 0.05) is 17.0 Å². The van der Waals surface area contributed by atoms with Gasteiger partial charge in [0.1, 0.15) is 0 Å². The summed E-state index contributed by atoms with van der Waals surface area (Å²) >= 11 is 0. The van der Waals surface area contributed by atoms with Gasteiger partial charge in [-0.25, -0.2) is 9.78 Å². The first-order chi connectivity index (χ1) is 17.1. The van der Waals surface area contributed by atoms with E-state index in [4.69, 9.17) is 19.2 Å². The van der Waals surface area contributed by atoms with Crippen LogP contribution in [0.4, 0.5) is 0 Å². The van der Waals surface area contributed by atoms with Gasteiger partial charge in [-0.1, -0.05) is 50.3 Å². The molecule has 1 amide bonds. The van der Waals surface area contributed by atoms with Crippen LogP contribution < -0.4 is 14.8 Å². The Balaban J connectivity index is 1.53. The molecule has 0 aliphatic heterocycles. The van der Waals surface area contributed by atoms with Crippen LogP contribution in [0.2, 0.25) is 0 Å². The Hall–Kier alpha value is -3.61. The van der Waals surface area contributed by atoms with E-state index in [2.05, 4.69) is 5.32 Å². The first kappa shape index (κ1) is 24.5. The molecule has 1 heterocycles. The third-order valence-electron chi connectivity index (χ3n) is 6.42. The number of para-hydroxylation sites is 1. The second-order valence-corrected chi connectivity index (χ2v) is 8.83. The van der Waals surface area contributed by atoms with E-state index in [0.717, 1.165) is 31.2 Å². The molecule has 1 aliphatic carbocycles. The fourth-order valence-electron chi connectivity index (χ4n) is 4.57. The molecule has 1 aromatic heterocycles. The van der Waals surface area contributed by atoms with Gasteiger partial charge in [0.25, 0.3) is 5.91 Å². The fraction of sp³-hybridized carbons (Fsp3) is 0.393. The Bertz CT molecular complexity index is 1190. The average Bonchev–Trinajstić information content (AvgIpc) is 2.87. The maximum atomic E-state index is 13.1. The third kappa shape index (κ3) is 6.10. The lowest BCUT2D eigenvalue weighted by atomic mass is 9.97. The van der Waals surface area contributed by atoms with Crippen molar-refractivity contribution in [3.8, 4) is 22.8 Å². The highest BCUT2D eigenvalue weighted by Gasteiger charge is 2.19. The molecule has 1 fully saturated rings. The molecule has 7 heteroatoms. The summed E-state index contributed by atoms with van der Waals surface area (Å²) in [7, 11) is 3.15. The van der Waals surface area contributed by atoms with E-state index < -0.39 is 5.97 Å². The first-order valence-corrected chi connectivity index (χ1v) is 12.2. The number of amides is 1. The molecule has 1 N–H and O–H groups in total. The molecule has 0 unspecified atom stereocenters. The molecule has 4 rings (SSSR count). The maximum Gasteiger partial charge on any atom is 0.339 e. The summed E-state index contributed by atoms with van der Waals surface area (Å²) in [4.78, 5) is 30.3. The van der Waals surface area contributed by atoms with Crippen molar-refractivity contribution >= 4 is 22.8 Å². The van der Waals surface area contributed by atoms with Crippen LogP contribution in [0, 0.1) is 0 Å². The number of nitrogens with one attached hydrogen (secondary N) is 1. The zero-order chi connectivity index (χ0) is 24.6. The Morgan fingerprint density at radius 3 is 2.37 bits per heavy atom. The van der Waals surface area contributed by atoms with E-state index in [1.807, 2.05) is 36.4 Å². The van der Waals surface area contributed by atoms with E-state index in [1.165, 1.54) is 19.3 Å². The van der Waals surface area contributed by atoms with E-state index in [0.29, 0.717) is 33.7 Å². The Labute approximate surface area is 205 Å². The smallest absolute Gasteiger partial charge is 0.339 e. The van der Waals surface area contributed by atoms with Crippen molar-refractivity contribution in [1.29, 1.82) is 0 Å². The summed E-state index contributed by atoms with van der Waals surface area (Å²) in [6.07, 6.45) is 7.87. The zero-order valence-corrected chi connectivity index (χ0v) is 20.3. The molecule has 0 atom stereocenters. The minimum atomic E-state index is -0.557. The van der Waals surface area contributed by atoms with Crippen molar-refractivity contribution in [2.45, 2.75) is 51.0 Å². The number of benzene rings is 2. The third-order valence-corrected chi connectivity index (χ3v) is 6.42. The maximum absolute atomic E-state index is 13.1. The molecular formula is C28H32N2O5. The van der Waals surface area contributed by atoms with Crippen molar-refractivity contribution in [1.82, 2.24) is 10.3 Å². The van der Waals surface area contributed by atoms with E-state index in [-0.39, 0.29) is 18.6 Å². The molecule has 0 spiro atoms. The number of fused-ring (bicyclic) bond motifs is 1. The van der Waals surface area contributed by atoms with Crippen molar-refractivity contribution in [2.75, 3.05) is 20.8 Å². The summed E-state index contributed by atoms with van der Waals surface area (Å²) in [5.41, 5.74) is 2.38. The van der Waals surface area contributed by atoms with Gasteiger partial charge in [0.05, 0.1) is 31.0 Å². The molecule has 1 aliphatic rings. The molecule has 0 radical (unpaired) electrons. The largest absolute Gasteiger partial charge is 0.493 e. The molecule has 184 valence electrons. The fourth-order valence-corrected chi connectivity index (χ4v) is 4.57. The molecule has 3 aromatic rings. The number of carbonyl (C=O) groups is 2. The van der Waals surface area contributed by atoms with Gasteiger partial charge in [-0.05, 0) is 43.2 Å². The van der Waals surface area contributed by atoms with Gasteiger partial charge in [0.15, 0.2) is 18.1 Å². The number of aromatic nitrogens is 1. The summed E-state index contributed by atoms with van der Waals surface area (Å²) in [5.74, 6) is 0.350. The lowest BCUT2D eigenvalue weighted by Gasteiger charge is -2.21. The second-order valence-electron chi connectivity index (χ2n) is 8.83. The molecule has 7 nitrogen and oxygen atoms in total. The normalized spacial score (nSPS) is 14.6. The standard InChI is InChI=1S/C28H32N2O5/c1-33-25-15-14-19(16-26(25)34-2)24-17-22(21-12-8-9-13-23(21)30-24)28(32)35-18-27(31)29-20-10-6-4-3-5-7-11-20/h8-9,12-17,20H,3-7,10-11,18H2,1-2H3,(H,29,31). The summed E-state index contributed by atoms with van der Waals surface area (Å²) in [6, 6.07) is 14.7. The van der Waals surface area contributed by atoms with Crippen LogP contribution in [0.3, 0.4) is 0 Å². The molecule has 0 saturated heterocycles. The SMILES string of the molecule is COc1ccc(-c2cc(C(=O)OCC(=O)NC3CCCCCCC3)c3ccccc3n2)cc1OC. The number of nitrogens with zero attached hydrogens (tertiary/aromatic N) is 1. The average molecular weight is 477 g/mol. The predicted octanol–water partition coefficient (Wildman–Crippen LogP) is 5.30. The van der Waals surface area contributed by atoms with Crippen molar-refractivity contribution in [3.63, 3.8) is 0 Å². The Kier molecular flexibility index (Phi) is 8.19. The van der Waals surface area contributed by atoms with E-state index in [9.17, 15) is 9.59 Å². The van der Waals surface area contributed by atoms with Crippen LogP contribution in [-0.2, 0) is 9.53 Å². The number of hydrogen-bond donors (Lipinski definition) is 1. The minimum absolute atomic E-state index is 0.153. The highest BCUT2D eigenvalue weighted by molar-refractivity contribution is 6.05. The second kappa shape index (κ2) is 11.7. The highest BCUT2D eigenvalue weighted by Crippen LogP contribution is 2.33. The molecule has 35 heavy (non-hydrogen) atoms. The van der Waals surface area contributed by atoms with Gasteiger partial charge in [-0.15, -0.1) is 0 Å². The number of esters is 1. The van der Waals surface area contributed by atoms with Crippen molar-refractivity contribution in [2.24, 2.45) is 0 Å². The molecular weight excluding hydrogens is 444 g/mol. The van der Waals surface area contributed by atoms with Gasteiger partial charge in [-0.3, -0.25) is 4.79 Å². The van der Waals surface area contributed by atoms with Gasteiger partial charge in [0.2, 0.25) is 0 Å². The monoisotopic (exact) mass is 476 g/mol. The number of rotatable bonds is 7. The Morgan fingerprint density at radius 2 is 1.63 bits per heavy atom. The lowest BCUT2D eigenvalue weighted by molar-refractivity contribution is -0.125. The highest BCUT2D eigenvalue weighted by atomic mass is 16.5. The van der Waals surface area contributed by atoms with Crippen LogP contribution >= 0.6 is 0 Å². The van der Waals surface area contributed by atoms with Gasteiger partial charge < -0.3 is 19.5 Å². The van der Waals surface area contributed by atoms with Crippen LogP contribution in [-0.4, -0.2) is 43.7 Å². The first-order valence-electron chi connectivity index (χ1n) is 12.2. The predicted molar refractivity (Wildman–Crippen MR) is 135 cm³/mol. The molecule has 1 saturated carbocycles. The number of pyridine rings is 1. The topological polar surface area (TPSA) is 86.8 Å². The summed E-state index contributed by atoms with van der Waals surface area (Å²) in [6.45, 7) is -0.308. The van der Waals surface area contributed by atoms with E-state index >= 15 is 0 Å². The van der Waals surface area contributed by atoms with Crippen molar-refractivity contribution in [3.05, 3.63) is 54.1 Å². The van der Waals surface area contributed by atoms with Gasteiger partial charge in [-0.2, -0.15) is 0 Å².